The van der Waals surface area contributed by atoms with Crippen LogP contribution >= 0.6 is 12.4 Å². The predicted molar refractivity (Wildman–Crippen MR) is 71.5 cm³/mol. The third-order valence-corrected chi connectivity index (χ3v) is 2.56. The van der Waals surface area contributed by atoms with Crippen LogP contribution in [-0.4, -0.2) is 38.8 Å². The number of rotatable bonds is 3. The lowest BCUT2D eigenvalue weighted by Gasteiger charge is -2.22. The van der Waals surface area contributed by atoms with Crippen LogP contribution in [0.25, 0.3) is 0 Å². The largest absolute Gasteiger partial charge is 0.497 e. The quantitative estimate of drug-likeness (QED) is 0.863. The van der Waals surface area contributed by atoms with Crippen LogP contribution in [0.2, 0.25) is 0 Å². The fourth-order valence-electron chi connectivity index (χ4n) is 1.66. The molecular formula is C12H17ClN2O3. The summed E-state index contributed by atoms with van der Waals surface area (Å²) in [4.78, 5) is 11.9. The average molecular weight is 273 g/mol. The molecule has 100 valence electrons. The maximum absolute atomic E-state index is 11.9. The molecule has 0 radical (unpaired) electrons. The Labute approximate surface area is 112 Å². The number of carbonyl (C=O) groups excluding carboxylic acids is 1. The first kappa shape index (κ1) is 14.8. The summed E-state index contributed by atoms with van der Waals surface area (Å²) in [5.74, 6) is 0.580. The molecule has 0 bridgehead atoms. The van der Waals surface area contributed by atoms with Gasteiger partial charge in [0.25, 0.3) is 5.91 Å². The van der Waals surface area contributed by atoms with E-state index in [1.807, 2.05) is 18.2 Å². The predicted octanol–water partition coefficient (Wildman–Crippen LogP) is 1.04. The van der Waals surface area contributed by atoms with Crippen molar-refractivity contribution in [2.24, 2.45) is 0 Å². The summed E-state index contributed by atoms with van der Waals surface area (Å²) in [6, 6.07) is 7.24. The van der Waals surface area contributed by atoms with Crippen LogP contribution in [0.4, 0.5) is 5.69 Å². The summed E-state index contributed by atoms with van der Waals surface area (Å²) < 4.78 is 10.4. The molecule has 1 amide bonds. The van der Waals surface area contributed by atoms with E-state index < -0.39 is 6.10 Å². The number of halogens is 1. The smallest absolute Gasteiger partial charge is 0.254 e. The Morgan fingerprint density at radius 3 is 3.06 bits per heavy atom. The maximum Gasteiger partial charge on any atom is 0.254 e. The lowest BCUT2D eigenvalue weighted by Crippen LogP contribution is -2.45. The Balaban J connectivity index is 0.00000162. The second-order valence-corrected chi connectivity index (χ2v) is 3.78. The van der Waals surface area contributed by atoms with Crippen LogP contribution in [-0.2, 0) is 9.53 Å². The van der Waals surface area contributed by atoms with E-state index in [1.165, 1.54) is 0 Å². The number of benzene rings is 1. The second kappa shape index (κ2) is 7.20. The molecule has 1 unspecified atom stereocenters. The number of methoxy groups -OCH3 is 1. The van der Waals surface area contributed by atoms with Crippen molar-refractivity contribution in [3.05, 3.63) is 24.3 Å². The molecule has 2 rings (SSSR count). The molecule has 1 aliphatic heterocycles. The molecule has 1 fully saturated rings. The Bertz CT molecular complexity index is 395. The van der Waals surface area contributed by atoms with Crippen molar-refractivity contribution >= 4 is 24.0 Å². The number of ether oxygens (including phenoxy) is 2. The van der Waals surface area contributed by atoms with Crippen LogP contribution in [0.15, 0.2) is 24.3 Å². The summed E-state index contributed by atoms with van der Waals surface area (Å²) in [5, 5.41) is 5.92. The minimum absolute atomic E-state index is 0. The molecule has 0 aliphatic carbocycles. The summed E-state index contributed by atoms with van der Waals surface area (Å²) in [6.07, 6.45) is -0.421. The molecule has 6 heteroatoms. The molecule has 1 saturated heterocycles. The van der Waals surface area contributed by atoms with Gasteiger partial charge in [0, 0.05) is 24.8 Å². The van der Waals surface area contributed by atoms with Crippen LogP contribution < -0.4 is 15.4 Å². The van der Waals surface area contributed by atoms with E-state index in [0.29, 0.717) is 24.6 Å². The third kappa shape index (κ3) is 3.87. The number of anilines is 1. The van der Waals surface area contributed by atoms with Gasteiger partial charge in [0.15, 0.2) is 0 Å². The van der Waals surface area contributed by atoms with E-state index in [4.69, 9.17) is 9.47 Å². The molecule has 1 heterocycles. The molecule has 1 aromatic carbocycles. The van der Waals surface area contributed by atoms with Crippen molar-refractivity contribution in [1.82, 2.24) is 5.32 Å². The highest BCUT2D eigenvalue weighted by molar-refractivity contribution is 5.94. The van der Waals surface area contributed by atoms with Gasteiger partial charge < -0.3 is 20.1 Å². The van der Waals surface area contributed by atoms with Crippen molar-refractivity contribution in [3.8, 4) is 5.75 Å². The fraction of sp³-hybridized carbons (Fsp3) is 0.417. The molecule has 1 aliphatic rings. The highest BCUT2D eigenvalue weighted by Gasteiger charge is 2.21. The lowest BCUT2D eigenvalue weighted by atomic mass is 10.2. The summed E-state index contributed by atoms with van der Waals surface area (Å²) in [5.41, 5.74) is 0.712. The zero-order valence-electron chi connectivity index (χ0n) is 10.1. The lowest BCUT2D eigenvalue weighted by molar-refractivity contribution is -0.128. The van der Waals surface area contributed by atoms with E-state index in [-0.39, 0.29) is 18.3 Å². The van der Waals surface area contributed by atoms with Gasteiger partial charge in [-0.1, -0.05) is 6.07 Å². The number of amides is 1. The minimum atomic E-state index is -0.421. The Kier molecular flexibility index (Phi) is 5.91. The maximum atomic E-state index is 11.9. The highest BCUT2D eigenvalue weighted by atomic mass is 35.5. The number of nitrogens with one attached hydrogen (secondary N) is 2. The number of carbonyl (C=O) groups is 1. The van der Waals surface area contributed by atoms with Gasteiger partial charge in [0.2, 0.25) is 0 Å². The molecule has 0 aromatic heterocycles. The monoisotopic (exact) mass is 272 g/mol. The molecule has 2 N–H and O–H groups in total. The Hall–Kier alpha value is -1.30. The van der Waals surface area contributed by atoms with Crippen LogP contribution in [0.3, 0.4) is 0 Å². The molecule has 18 heavy (non-hydrogen) atoms. The number of morpholine rings is 1. The van der Waals surface area contributed by atoms with Gasteiger partial charge in [0.05, 0.1) is 13.7 Å². The van der Waals surface area contributed by atoms with Crippen molar-refractivity contribution in [2.75, 3.05) is 32.1 Å². The Morgan fingerprint density at radius 2 is 2.39 bits per heavy atom. The molecule has 1 aromatic rings. The van der Waals surface area contributed by atoms with Gasteiger partial charge in [-0.2, -0.15) is 0 Å². The van der Waals surface area contributed by atoms with Crippen LogP contribution in [0, 0.1) is 0 Å². The molecular weight excluding hydrogens is 256 g/mol. The molecule has 5 nitrogen and oxygen atoms in total. The first-order chi connectivity index (χ1) is 8.29. The first-order valence-electron chi connectivity index (χ1n) is 5.57. The second-order valence-electron chi connectivity index (χ2n) is 3.78. The topological polar surface area (TPSA) is 59.6 Å². The van der Waals surface area contributed by atoms with E-state index in [9.17, 15) is 4.79 Å². The van der Waals surface area contributed by atoms with Crippen molar-refractivity contribution < 1.29 is 14.3 Å². The number of hydrogen-bond acceptors (Lipinski definition) is 4. The van der Waals surface area contributed by atoms with E-state index >= 15 is 0 Å². The molecule has 0 spiro atoms. The Morgan fingerprint density at radius 1 is 1.56 bits per heavy atom. The summed E-state index contributed by atoms with van der Waals surface area (Å²) >= 11 is 0. The van der Waals surface area contributed by atoms with E-state index in [0.717, 1.165) is 6.54 Å². The van der Waals surface area contributed by atoms with Crippen LogP contribution in [0.1, 0.15) is 0 Å². The first-order valence-corrected chi connectivity index (χ1v) is 5.57. The SMILES string of the molecule is COc1cccc(NC(=O)C2CNCCO2)c1.Cl. The summed E-state index contributed by atoms with van der Waals surface area (Å²) in [6.45, 7) is 1.91. The summed E-state index contributed by atoms with van der Waals surface area (Å²) in [7, 11) is 1.59. The third-order valence-electron chi connectivity index (χ3n) is 2.56. The minimum Gasteiger partial charge on any atom is -0.497 e. The van der Waals surface area contributed by atoms with E-state index in [2.05, 4.69) is 10.6 Å². The average Bonchev–Trinajstić information content (AvgIpc) is 2.40. The molecule has 1 atom stereocenters. The van der Waals surface area contributed by atoms with Gasteiger partial charge in [-0.3, -0.25) is 4.79 Å². The molecule has 0 saturated carbocycles. The standard InChI is InChI=1S/C12H16N2O3.ClH/c1-16-10-4-2-3-9(7-10)14-12(15)11-8-13-5-6-17-11;/h2-4,7,11,13H,5-6,8H2,1H3,(H,14,15);1H. The van der Waals surface area contributed by atoms with Gasteiger partial charge in [-0.25, -0.2) is 0 Å². The normalized spacial score (nSPS) is 18.6. The van der Waals surface area contributed by atoms with Gasteiger partial charge in [0.1, 0.15) is 11.9 Å². The van der Waals surface area contributed by atoms with Crippen molar-refractivity contribution in [1.29, 1.82) is 0 Å². The zero-order chi connectivity index (χ0) is 12.1. The van der Waals surface area contributed by atoms with Crippen molar-refractivity contribution in [2.45, 2.75) is 6.10 Å². The van der Waals surface area contributed by atoms with Gasteiger partial charge in [-0.05, 0) is 12.1 Å². The van der Waals surface area contributed by atoms with Gasteiger partial charge in [-0.15, -0.1) is 12.4 Å². The van der Waals surface area contributed by atoms with Gasteiger partial charge >= 0.3 is 0 Å². The zero-order valence-corrected chi connectivity index (χ0v) is 11.0. The highest BCUT2D eigenvalue weighted by Crippen LogP contribution is 2.17. The van der Waals surface area contributed by atoms with E-state index in [1.54, 1.807) is 13.2 Å². The van der Waals surface area contributed by atoms with Crippen LogP contribution in [0.5, 0.6) is 5.75 Å². The fourth-order valence-corrected chi connectivity index (χ4v) is 1.66. The van der Waals surface area contributed by atoms with Crippen molar-refractivity contribution in [3.63, 3.8) is 0 Å². The number of hydrogen-bond donors (Lipinski definition) is 2.